The lowest BCUT2D eigenvalue weighted by molar-refractivity contribution is 0.252. The monoisotopic (exact) mass is 256 g/mol. The van der Waals surface area contributed by atoms with Gasteiger partial charge in [0.1, 0.15) is 9.34 Å². The molecule has 0 amide bonds. The second-order valence-corrected chi connectivity index (χ2v) is 5.37. The van der Waals surface area contributed by atoms with Crippen molar-refractivity contribution in [3.63, 3.8) is 0 Å². The van der Waals surface area contributed by atoms with Crippen LogP contribution in [-0.4, -0.2) is 36.1 Å². The van der Waals surface area contributed by atoms with Gasteiger partial charge in [0.2, 0.25) is 0 Å². The Labute approximate surface area is 104 Å². The summed E-state index contributed by atoms with van der Waals surface area (Å²) in [6, 6.07) is 2.06. The first kappa shape index (κ1) is 11.8. The van der Waals surface area contributed by atoms with Gasteiger partial charge in [0.05, 0.1) is 12.3 Å². The molecule has 1 saturated heterocycles. The maximum atomic E-state index is 9.24. The lowest BCUT2D eigenvalue weighted by atomic mass is 10.2. The summed E-state index contributed by atoms with van der Waals surface area (Å²) in [4.78, 5) is 6.36. The Morgan fingerprint density at radius 3 is 3.12 bits per heavy atom. The number of nitrogens with one attached hydrogen (secondary N) is 1. The zero-order valence-corrected chi connectivity index (χ0v) is 10.4. The van der Waals surface area contributed by atoms with Crippen LogP contribution in [0, 0.1) is 11.3 Å². The van der Waals surface area contributed by atoms with Crippen molar-refractivity contribution in [1.29, 1.82) is 5.26 Å². The summed E-state index contributed by atoms with van der Waals surface area (Å²) in [6.07, 6.45) is 2.68. The number of nitriles is 1. The van der Waals surface area contributed by atoms with Crippen LogP contribution in [-0.2, 0) is 0 Å². The Kier molecular flexibility index (Phi) is 4.13. The maximum absolute atomic E-state index is 9.24. The van der Waals surface area contributed by atoms with E-state index in [2.05, 4.69) is 21.3 Å². The molecule has 4 nitrogen and oxygen atoms in total. The minimum atomic E-state index is -0.252. The minimum Gasteiger partial charge on any atom is -0.315 e. The molecule has 0 aromatic carbocycles. The Balaban J connectivity index is 2.12. The van der Waals surface area contributed by atoms with Gasteiger partial charge in [-0.2, -0.15) is 5.26 Å². The van der Waals surface area contributed by atoms with Gasteiger partial charge in [0.15, 0.2) is 6.04 Å². The molecule has 1 atom stereocenters. The lowest BCUT2D eigenvalue weighted by Crippen LogP contribution is -2.31. The van der Waals surface area contributed by atoms with Gasteiger partial charge in [-0.1, -0.05) is 11.6 Å². The molecule has 1 aromatic rings. The fraction of sp³-hybridized carbons (Fsp3) is 0.600. The van der Waals surface area contributed by atoms with Gasteiger partial charge in [-0.3, -0.25) is 4.90 Å². The molecule has 86 valence electrons. The predicted octanol–water partition coefficient (Wildman–Crippen LogP) is 1.66. The van der Waals surface area contributed by atoms with Crippen LogP contribution in [0.3, 0.4) is 0 Å². The van der Waals surface area contributed by atoms with E-state index in [-0.39, 0.29) is 6.04 Å². The first-order chi connectivity index (χ1) is 7.81. The topological polar surface area (TPSA) is 52.0 Å². The van der Waals surface area contributed by atoms with Gasteiger partial charge in [-0.15, -0.1) is 11.3 Å². The largest absolute Gasteiger partial charge is 0.315 e. The third-order valence-electron chi connectivity index (χ3n) is 2.59. The first-order valence-electron chi connectivity index (χ1n) is 5.27. The van der Waals surface area contributed by atoms with Crippen LogP contribution in [0.15, 0.2) is 6.20 Å². The molecule has 6 heteroatoms. The van der Waals surface area contributed by atoms with Crippen LogP contribution in [0.25, 0.3) is 0 Å². The van der Waals surface area contributed by atoms with Crippen molar-refractivity contribution < 1.29 is 0 Å². The number of thiazole rings is 1. The van der Waals surface area contributed by atoms with Crippen LogP contribution >= 0.6 is 22.9 Å². The molecule has 1 aromatic heterocycles. The number of hydrogen-bond acceptors (Lipinski definition) is 5. The fourth-order valence-electron chi connectivity index (χ4n) is 1.81. The van der Waals surface area contributed by atoms with Crippen LogP contribution in [0.1, 0.15) is 17.5 Å². The molecule has 0 radical (unpaired) electrons. The fourth-order valence-corrected chi connectivity index (χ4v) is 2.82. The molecule has 0 aliphatic carbocycles. The van der Waals surface area contributed by atoms with E-state index in [1.54, 1.807) is 6.20 Å². The summed E-state index contributed by atoms with van der Waals surface area (Å²) in [6.45, 7) is 3.77. The van der Waals surface area contributed by atoms with E-state index >= 15 is 0 Å². The minimum absolute atomic E-state index is 0.252. The standard InChI is InChI=1S/C10H13ClN4S/c11-9-7-14-10(16-9)8(6-12)15-4-1-2-13-3-5-15/h7-8,13H,1-5H2. The summed E-state index contributed by atoms with van der Waals surface area (Å²) >= 11 is 7.24. The quantitative estimate of drug-likeness (QED) is 0.874. The van der Waals surface area contributed by atoms with Gasteiger partial charge in [-0.25, -0.2) is 4.98 Å². The van der Waals surface area contributed by atoms with Crippen molar-refractivity contribution in [2.75, 3.05) is 26.2 Å². The third kappa shape index (κ3) is 2.71. The summed E-state index contributed by atoms with van der Waals surface area (Å²) in [5, 5.41) is 13.4. The molecule has 0 saturated carbocycles. The first-order valence-corrected chi connectivity index (χ1v) is 6.46. The molecule has 1 aliphatic heterocycles. The Morgan fingerprint density at radius 1 is 1.56 bits per heavy atom. The van der Waals surface area contributed by atoms with Crippen molar-refractivity contribution >= 4 is 22.9 Å². The Hall–Kier alpha value is -0.670. The molecule has 2 rings (SSSR count). The van der Waals surface area contributed by atoms with E-state index in [1.165, 1.54) is 11.3 Å². The van der Waals surface area contributed by atoms with Gasteiger partial charge in [0, 0.05) is 19.6 Å². The average molecular weight is 257 g/mol. The lowest BCUT2D eigenvalue weighted by Gasteiger charge is -2.23. The number of aromatic nitrogens is 1. The summed E-state index contributed by atoms with van der Waals surface area (Å²) in [7, 11) is 0. The summed E-state index contributed by atoms with van der Waals surface area (Å²) in [5.74, 6) is 0. The van der Waals surface area contributed by atoms with Crippen molar-refractivity contribution in [2.45, 2.75) is 12.5 Å². The second-order valence-electron chi connectivity index (χ2n) is 3.67. The molecule has 1 fully saturated rings. The van der Waals surface area contributed by atoms with Gasteiger partial charge >= 0.3 is 0 Å². The highest BCUT2D eigenvalue weighted by Gasteiger charge is 2.23. The van der Waals surface area contributed by atoms with E-state index in [0.29, 0.717) is 4.34 Å². The van der Waals surface area contributed by atoms with Gasteiger partial charge < -0.3 is 5.32 Å². The highest BCUT2D eigenvalue weighted by Crippen LogP contribution is 2.27. The van der Waals surface area contributed by atoms with Crippen LogP contribution < -0.4 is 5.32 Å². The number of hydrogen-bond donors (Lipinski definition) is 1. The van der Waals surface area contributed by atoms with Crippen molar-refractivity contribution in [1.82, 2.24) is 15.2 Å². The van der Waals surface area contributed by atoms with Crippen molar-refractivity contribution in [2.24, 2.45) is 0 Å². The van der Waals surface area contributed by atoms with E-state index < -0.39 is 0 Å². The Morgan fingerprint density at radius 2 is 2.44 bits per heavy atom. The summed E-state index contributed by atoms with van der Waals surface area (Å²) < 4.78 is 0.642. The van der Waals surface area contributed by atoms with E-state index in [1.807, 2.05) is 0 Å². The SMILES string of the molecule is N#CC(c1ncc(Cl)s1)N1CCCNCC1. The van der Waals surface area contributed by atoms with Crippen LogP contribution in [0.5, 0.6) is 0 Å². The molecule has 16 heavy (non-hydrogen) atoms. The maximum Gasteiger partial charge on any atom is 0.150 e. The third-order valence-corrected chi connectivity index (χ3v) is 3.76. The van der Waals surface area contributed by atoms with E-state index in [0.717, 1.165) is 37.6 Å². The van der Waals surface area contributed by atoms with Crippen molar-refractivity contribution in [3.8, 4) is 6.07 Å². The second kappa shape index (κ2) is 5.60. The van der Waals surface area contributed by atoms with Crippen molar-refractivity contribution in [3.05, 3.63) is 15.5 Å². The number of halogens is 1. The Bertz CT molecular complexity index is 378. The molecule has 0 spiro atoms. The van der Waals surface area contributed by atoms with E-state index in [4.69, 9.17) is 11.6 Å². The average Bonchev–Trinajstić information content (AvgIpc) is 2.55. The molecule has 1 N–H and O–H groups in total. The van der Waals surface area contributed by atoms with Crippen LogP contribution in [0.2, 0.25) is 4.34 Å². The van der Waals surface area contributed by atoms with Gasteiger partial charge in [0.25, 0.3) is 0 Å². The smallest absolute Gasteiger partial charge is 0.150 e. The van der Waals surface area contributed by atoms with Gasteiger partial charge in [-0.05, 0) is 13.0 Å². The molecule has 2 heterocycles. The number of rotatable bonds is 2. The molecule has 0 bridgehead atoms. The van der Waals surface area contributed by atoms with Crippen LogP contribution in [0.4, 0.5) is 0 Å². The van der Waals surface area contributed by atoms with E-state index in [9.17, 15) is 5.26 Å². The predicted molar refractivity (Wildman–Crippen MR) is 64.5 cm³/mol. The molecule has 1 aliphatic rings. The highest BCUT2D eigenvalue weighted by molar-refractivity contribution is 7.15. The highest BCUT2D eigenvalue weighted by atomic mass is 35.5. The number of nitrogens with zero attached hydrogens (tertiary/aromatic N) is 3. The normalized spacial score (nSPS) is 20.0. The molecule has 1 unspecified atom stereocenters. The zero-order valence-electron chi connectivity index (χ0n) is 8.82. The molecular weight excluding hydrogens is 244 g/mol. The zero-order chi connectivity index (χ0) is 11.4. The summed E-state index contributed by atoms with van der Waals surface area (Å²) in [5.41, 5.74) is 0. The molecular formula is C10H13ClN4S.